The Hall–Kier alpha value is -0.610. The minimum Gasteiger partial charge on any atom is -0.393 e. The third kappa shape index (κ3) is 8.39. The van der Waals surface area contributed by atoms with E-state index in [9.17, 15) is 4.79 Å². The Kier molecular flexibility index (Phi) is 8.33. The number of aliphatic hydroxyl groups excluding tert-OH is 1. The monoisotopic (exact) mass is 216 g/mol. The van der Waals surface area contributed by atoms with Crippen LogP contribution in [0.25, 0.3) is 0 Å². The molecule has 4 heteroatoms. The summed E-state index contributed by atoms with van der Waals surface area (Å²) in [5.74, 6) is 0.361. The van der Waals surface area contributed by atoms with Gasteiger partial charge in [-0.25, -0.2) is 0 Å². The molecule has 0 saturated carbocycles. The van der Waals surface area contributed by atoms with Crippen LogP contribution < -0.4 is 11.1 Å². The number of aliphatic hydroxyl groups is 1. The fourth-order valence-electron chi connectivity index (χ4n) is 1.35. The molecule has 0 saturated heterocycles. The maximum Gasteiger partial charge on any atom is 0.220 e. The number of hydrogen-bond donors (Lipinski definition) is 3. The lowest BCUT2D eigenvalue weighted by atomic mass is 10.0. The van der Waals surface area contributed by atoms with Gasteiger partial charge >= 0.3 is 0 Å². The number of carbonyl (C=O) groups excluding carboxylic acids is 1. The molecule has 0 rings (SSSR count). The quantitative estimate of drug-likeness (QED) is 0.521. The van der Waals surface area contributed by atoms with E-state index < -0.39 is 0 Å². The molecule has 0 aromatic carbocycles. The number of carbonyl (C=O) groups is 1. The van der Waals surface area contributed by atoms with Crippen LogP contribution in [0.1, 0.15) is 39.5 Å². The predicted molar refractivity (Wildman–Crippen MR) is 61.4 cm³/mol. The summed E-state index contributed by atoms with van der Waals surface area (Å²) in [5.41, 5.74) is 5.51. The van der Waals surface area contributed by atoms with E-state index >= 15 is 0 Å². The van der Waals surface area contributed by atoms with Gasteiger partial charge in [-0.3, -0.25) is 4.79 Å². The molecular formula is C11H24N2O2. The van der Waals surface area contributed by atoms with Crippen molar-refractivity contribution in [2.75, 3.05) is 13.1 Å². The standard InChI is InChI=1S/C11H24N2O2/c1-3-10(8-12)7-11(15)13-6-4-5-9(2)14/h9-10,14H,3-8,12H2,1-2H3,(H,13,15). The zero-order chi connectivity index (χ0) is 11.7. The topological polar surface area (TPSA) is 75.4 Å². The van der Waals surface area contributed by atoms with Crippen LogP contribution in [0.5, 0.6) is 0 Å². The van der Waals surface area contributed by atoms with E-state index in [4.69, 9.17) is 10.8 Å². The molecule has 0 radical (unpaired) electrons. The fraction of sp³-hybridized carbons (Fsp3) is 0.909. The van der Waals surface area contributed by atoms with E-state index in [0.717, 1.165) is 19.3 Å². The summed E-state index contributed by atoms with van der Waals surface area (Å²) in [5, 5.41) is 11.8. The average Bonchev–Trinajstić information content (AvgIpc) is 2.20. The van der Waals surface area contributed by atoms with Crippen molar-refractivity contribution < 1.29 is 9.90 Å². The van der Waals surface area contributed by atoms with Crippen molar-refractivity contribution in [2.45, 2.75) is 45.6 Å². The minimum atomic E-state index is -0.283. The van der Waals surface area contributed by atoms with Gasteiger partial charge in [0.1, 0.15) is 0 Å². The minimum absolute atomic E-state index is 0.0675. The first-order valence-electron chi connectivity index (χ1n) is 5.75. The first-order chi connectivity index (χ1) is 7.10. The molecule has 0 aliphatic carbocycles. The SMILES string of the molecule is CCC(CN)CC(=O)NCCCC(C)O. The lowest BCUT2D eigenvalue weighted by Gasteiger charge is -2.12. The number of amides is 1. The Balaban J connectivity index is 3.48. The molecule has 0 aromatic heterocycles. The van der Waals surface area contributed by atoms with Crippen LogP contribution in [0.15, 0.2) is 0 Å². The van der Waals surface area contributed by atoms with Gasteiger partial charge in [-0.1, -0.05) is 13.3 Å². The molecule has 0 aliphatic heterocycles. The summed E-state index contributed by atoms with van der Waals surface area (Å²) in [4.78, 5) is 11.4. The van der Waals surface area contributed by atoms with Crippen LogP contribution in [0.2, 0.25) is 0 Å². The van der Waals surface area contributed by atoms with E-state index in [1.165, 1.54) is 0 Å². The van der Waals surface area contributed by atoms with Crippen LogP contribution in [-0.4, -0.2) is 30.2 Å². The Morgan fingerprint density at radius 3 is 2.67 bits per heavy atom. The first kappa shape index (κ1) is 14.4. The van der Waals surface area contributed by atoms with Gasteiger partial charge in [0, 0.05) is 13.0 Å². The van der Waals surface area contributed by atoms with Gasteiger partial charge < -0.3 is 16.2 Å². The van der Waals surface area contributed by atoms with Crippen LogP contribution in [0.3, 0.4) is 0 Å². The van der Waals surface area contributed by atoms with Gasteiger partial charge in [0.05, 0.1) is 6.10 Å². The van der Waals surface area contributed by atoms with E-state index in [1.807, 2.05) is 6.92 Å². The zero-order valence-corrected chi connectivity index (χ0v) is 9.83. The van der Waals surface area contributed by atoms with E-state index in [0.29, 0.717) is 25.4 Å². The zero-order valence-electron chi connectivity index (χ0n) is 9.83. The van der Waals surface area contributed by atoms with Crippen molar-refractivity contribution in [3.63, 3.8) is 0 Å². The first-order valence-corrected chi connectivity index (χ1v) is 5.75. The molecule has 4 N–H and O–H groups in total. The summed E-state index contributed by atoms with van der Waals surface area (Å²) < 4.78 is 0. The second-order valence-electron chi connectivity index (χ2n) is 4.06. The van der Waals surface area contributed by atoms with Gasteiger partial charge in [-0.2, -0.15) is 0 Å². The lowest BCUT2D eigenvalue weighted by molar-refractivity contribution is -0.122. The van der Waals surface area contributed by atoms with Crippen LogP contribution in [-0.2, 0) is 4.79 Å². The van der Waals surface area contributed by atoms with Crippen molar-refractivity contribution in [1.29, 1.82) is 0 Å². The van der Waals surface area contributed by atoms with E-state index in [1.54, 1.807) is 6.92 Å². The fourth-order valence-corrected chi connectivity index (χ4v) is 1.35. The van der Waals surface area contributed by atoms with Gasteiger partial charge in [-0.15, -0.1) is 0 Å². The average molecular weight is 216 g/mol. The van der Waals surface area contributed by atoms with Crippen LogP contribution in [0.4, 0.5) is 0 Å². The van der Waals surface area contributed by atoms with Crippen molar-refractivity contribution >= 4 is 5.91 Å². The Bertz CT molecular complexity index is 168. The number of nitrogens with one attached hydrogen (secondary N) is 1. The second kappa shape index (κ2) is 8.68. The molecule has 0 aromatic rings. The third-order valence-electron chi connectivity index (χ3n) is 2.51. The Morgan fingerprint density at radius 1 is 1.53 bits per heavy atom. The van der Waals surface area contributed by atoms with E-state index in [2.05, 4.69) is 5.32 Å². The summed E-state index contributed by atoms with van der Waals surface area (Å²) in [7, 11) is 0. The summed E-state index contributed by atoms with van der Waals surface area (Å²) in [6.07, 6.45) is 2.73. The molecule has 0 spiro atoms. The second-order valence-corrected chi connectivity index (χ2v) is 4.06. The highest BCUT2D eigenvalue weighted by Crippen LogP contribution is 2.05. The third-order valence-corrected chi connectivity index (χ3v) is 2.51. The smallest absolute Gasteiger partial charge is 0.220 e. The maximum atomic E-state index is 11.4. The predicted octanol–water partition coefficient (Wildman–Crippen LogP) is 0.639. The van der Waals surface area contributed by atoms with Gasteiger partial charge in [0.15, 0.2) is 0 Å². The highest BCUT2D eigenvalue weighted by Gasteiger charge is 2.09. The van der Waals surface area contributed by atoms with Crippen molar-refractivity contribution in [3.05, 3.63) is 0 Å². The highest BCUT2D eigenvalue weighted by molar-refractivity contribution is 5.76. The van der Waals surface area contributed by atoms with Crippen molar-refractivity contribution in [1.82, 2.24) is 5.32 Å². The van der Waals surface area contributed by atoms with E-state index in [-0.39, 0.29) is 12.0 Å². The van der Waals surface area contributed by atoms with Gasteiger partial charge in [0.25, 0.3) is 0 Å². The van der Waals surface area contributed by atoms with Crippen LogP contribution in [0, 0.1) is 5.92 Å². The Morgan fingerprint density at radius 2 is 2.20 bits per heavy atom. The number of hydrogen-bond acceptors (Lipinski definition) is 3. The number of nitrogens with two attached hydrogens (primary N) is 1. The largest absolute Gasteiger partial charge is 0.393 e. The van der Waals surface area contributed by atoms with Crippen molar-refractivity contribution in [2.24, 2.45) is 11.7 Å². The maximum absolute atomic E-state index is 11.4. The molecule has 0 heterocycles. The molecule has 0 fully saturated rings. The molecule has 0 bridgehead atoms. The summed E-state index contributed by atoms with van der Waals surface area (Å²) in [6, 6.07) is 0. The molecule has 15 heavy (non-hydrogen) atoms. The Labute approximate surface area is 92.2 Å². The molecular weight excluding hydrogens is 192 g/mol. The van der Waals surface area contributed by atoms with Gasteiger partial charge in [-0.05, 0) is 32.2 Å². The van der Waals surface area contributed by atoms with Crippen molar-refractivity contribution in [3.8, 4) is 0 Å². The molecule has 4 nitrogen and oxygen atoms in total. The van der Waals surface area contributed by atoms with Crippen LogP contribution >= 0.6 is 0 Å². The normalized spacial score (nSPS) is 14.7. The summed E-state index contributed by atoms with van der Waals surface area (Å²) in [6.45, 7) is 5.00. The summed E-state index contributed by atoms with van der Waals surface area (Å²) >= 11 is 0. The molecule has 2 atom stereocenters. The number of rotatable bonds is 8. The molecule has 1 amide bonds. The van der Waals surface area contributed by atoms with Gasteiger partial charge in [0.2, 0.25) is 5.91 Å². The molecule has 2 unspecified atom stereocenters. The molecule has 0 aliphatic rings. The molecule has 90 valence electrons. The lowest BCUT2D eigenvalue weighted by Crippen LogP contribution is -2.29. The highest BCUT2D eigenvalue weighted by atomic mass is 16.3.